The Balaban J connectivity index is 1.29. The predicted octanol–water partition coefficient (Wildman–Crippen LogP) is 1.44. The van der Waals surface area contributed by atoms with Gasteiger partial charge in [0.1, 0.15) is 5.51 Å². The Labute approximate surface area is 134 Å². The molecular formula is C15H22N4O2S. The van der Waals surface area contributed by atoms with E-state index in [0.717, 1.165) is 49.9 Å². The van der Waals surface area contributed by atoms with Gasteiger partial charge in [-0.25, -0.2) is 0 Å². The third kappa shape index (κ3) is 2.96. The number of carbonyl (C=O) groups is 1. The number of nitrogens with zero attached hydrogens (tertiary/aromatic N) is 3. The molecule has 3 fully saturated rings. The number of amides is 1. The van der Waals surface area contributed by atoms with Crippen molar-refractivity contribution >= 4 is 22.4 Å². The fourth-order valence-corrected chi connectivity index (χ4v) is 4.10. The molecule has 1 saturated carbocycles. The average molecular weight is 322 g/mol. The molecule has 1 spiro atoms. The minimum Gasteiger partial charge on any atom is -0.374 e. The molecule has 1 aromatic heterocycles. The van der Waals surface area contributed by atoms with Crippen LogP contribution < -0.4 is 10.2 Å². The molecule has 2 saturated heterocycles. The Morgan fingerprint density at radius 2 is 2.27 bits per heavy atom. The Kier molecular flexibility index (Phi) is 3.78. The molecule has 1 atom stereocenters. The number of nitrogens with one attached hydrogen (secondary N) is 1. The van der Waals surface area contributed by atoms with Crippen molar-refractivity contribution in [3.63, 3.8) is 0 Å². The molecule has 0 radical (unpaired) electrons. The fraction of sp³-hybridized carbons (Fsp3) is 0.800. The maximum absolute atomic E-state index is 12.2. The summed E-state index contributed by atoms with van der Waals surface area (Å²) in [5, 5.41) is 12.1. The monoisotopic (exact) mass is 322 g/mol. The van der Waals surface area contributed by atoms with Crippen molar-refractivity contribution in [2.75, 3.05) is 31.1 Å². The van der Waals surface area contributed by atoms with Crippen molar-refractivity contribution in [2.45, 2.75) is 37.7 Å². The number of anilines is 1. The quantitative estimate of drug-likeness (QED) is 0.908. The molecule has 0 aromatic carbocycles. The summed E-state index contributed by atoms with van der Waals surface area (Å²) in [4.78, 5) is 14.5. The lowest BCUT2D eigenvalue weighted by Gasteiger charge is -2.38. The molecular weight excluding hydrogens is 300 g/mol. The van der Waals surface area contributed by atoms with E-state index in [-0.39, 0.29) is 17.4 Å². The fourth-order valence-electron chi connectivity index (χ4n) is 3.48. The van der Waals surface area contributed by atoms with Gasteiger partial charge in [0.15, 0.2) is 0 Å². The summed E-state index contributed by atoms with van der Waals surface area (Å²) in [6, 6.07) is 0. The molecule has 0 bridgehead atoms. The molecule has 22 heavy (non-hydrogen) atoms. The number of rotatable bonds is 4. The van der Waals surface area contributed by atoms with Gasteiger partial charge >= 0.3 is 0 Å². The topological polar surface area (TPSA) is 67.3 Å². The normalized spacial score (nSPS) is 27.3. The van der Waals surface area contributed by atoms with E-state index >= 15 is 0 Å². The van der Waals surface area contributed by atoms with Crippen LogP contribution in [0.1, 0.15) is 32.1 Å². The highest BCUT2D eigenvalue weighted by atomic mass is 32.1. The van der Waals surface area contributed by atoms with Crippen LogP contribution in [0, 0.1) is 11.8 Å². The van der Waals surface area contributed by atoms with E-state index in [4.69, 9.17) is 4.74 Å². The Morgan fingerprint density at radius 1 is 1.45 bits per heavy atom. The molecule has 1 amide bonds. The van der Waals surface area contributed by atoms with Gasteiger partial charge < -0.3 is 15.0 Å². The van der Waals surface area contributed by atoms with Crippen LogP contribution in [0.4, 0.5) is 5.13 Å². The first kappa shape index (κ1) is 14.4. The molecule has 6 nitrogen and oxygen atoms in total. The van der Waals surface area contributed by atoms with E-state index in [0.29, 0.717) is 6.61 Å². The van der Waals surface area contributed by atoms with Crippen molar-refractivity contribution in [1.29, 1.82) is 0 Å². The molecule has 3 aliphatic rings. The van der Waals surface area contributed by atoms with Gasteiger partial charge in [0, 0.05) is 19.6 Å². The van der Waals surface area contributed by atoms with Gasteiger partial charge in [-0.15, -0.1) is 10.2 Å². The van der Waals surface area contributed by atoms with Gasteiger partial charge in [-0.3, -0.25) is 4.79 Å². The molecule has 3 heterocycles. The molecule has 1 N–H and O–H groups in total. The molecule has 0 unspecified atom stereocenters. The van der Waals surface area contributed by atoms with E-state index in [9.17, 15) is 4.79 Å². The van der Waals surface area contributed by atoms with Crippen molar-refractivity contribution in [2.24, 2.45) is 11.8 Å². The van der Waals surface area contributed by atoms with Gasteiger partial charge in [0.25, 0.3) is 0 Å². The lowest BCUT2D eigenvalue weighted by Crippen LogP contribution is -2.44. The van der Waals surface area contributed by atoms with Crippen LogP contribution in [0.2, 0.25) is 0 Å². The van der Waals surface area contributed by atoms with E-state index < -0.39 is 0 Å². The average Bonchev–Trinajstić information content (AvgIpc) is 3.04. The molecule has 1 aromatic rings. The third-order valence-corrected chi connectivity index (χ3v) is 5.89. The number of hydrogen-bond acceptors (Lipinski definition) is 6. The van der Waals surface area contributed by atoms with Crippen molar-refractivity contribution in [3.05, 3.63) is 5.51 Å². The summed E-state index contributed by atoms with van der Waals surface area (Å²) in [6.07, 6.45) is 5.35. The van der Waals surface area contributed by atoms with Crippen LogP contribution in [0.3, 0.4) is 0 Å². The lowest BCUT2D eigenvalue weighted by atomic mass is 9.85. The zero-order chi connectivity index (χ0) is 15.0. The summed E-state index contributed by atoms with van der Waals surface area (Å²) in [6.45, 7) is 3.31. The smallest absolute Gasteiger partial charge is 0.225 e. The van der Waals surface area contributed by atoms with Crippen LogP contribution in [0.5, 0.6) is 0 Å². The minimum absolute atomic E-state index is 0.0341. The molecule has 2 aliphatic heterocycles. The Morgan fingerprint density at radius 3 is 2.95 bits per heavy atom. The van der Waals surface area contributed by atoms with Crippen LogP contribution in [-0.2, 0) is 9.53 Å². The van der Waals surface area contributed by atoms with E-state index in [2.05, 4.69) is 20.4 Å². The minimum atomic E-state index is -0.0945. The van der Waals surface area contributed by atoms with Gasteiger partial charge in [-0.2, -0.15) is 0 Å². The largest absolute Gasteiger partial charge is 0.374 e. The summed E-state index contributed by atoms with van der Waals surface area (Å²) >= 11 is 1.58. The maximum Gasteiger partial charge on any atom is 0.225 e. The van der Waals surface area contributed by atoms with E-state index in [1.165, 1.54) is 12.8 Å². The number of hydrogen-bond donors (Lipinski definition) is 1. The number of ether oxygens (including phenoxy) is 1. The van der Waals surface area contributed by atoms with Crippen molar-refractivity contribution in [1.82, 2.24) is 15.5 Å². The number of piperidine rings is 1. The highest BCUT2D eigenvalue weighted by molar-refractivity contribution is 7.13. The zero-order valence-corrected chi connectivity index (χ0v) is 13.5. The SMILES string of the molecule is O=C(NCC1CC1)[C@@H]1COC2(CCN(c3nncs3)CC2)C1. The van der Waals surface area contributed by atoms with E-state index in [1.54, 1.807) is 16.8 Å². The number of aromatic nitrogens is 2. The highest BCUT2D eigenvalue weighted by Crippen LogP contribution is 2.40. The van der Waals surface area contributed by atoms with Crippen LogP contribution >= 0.6 is 11.3 Å². The maximum atomic E-state index is 12.2. The predicted molar refractivity (Wildman–Crippen MR) is 83.9 cm³/mol. The second-order valence-electron chi connectivity index (χ2n) is 6.79. The van der Waals surface area contributed by atoms with Gasteiger partial charge in [-0.1, -0.05) is 11.3 Å². The molecule has 7 heteroatoms. The Bertz CT molecular complexity index is 524. The second-order valence-corrected chi connectivity index (χ2v) is 7.60. The third-order valence-electron chi connectivity index (χ3n) is 5.14. The first-order chi connectivity index (χ1) is 10.7. The molecule has 1 aliphatic carbocycles. The highest BCUT2D eigenvalue weighted by Gasteiger charge is 2.45. The second kappa shape index (κ2) is 5.77. The van der Waals surface area contributed by atoms with Crippen molar-refractivity contribution in [3.8, 4) is 0 Å². The van der Waals surface area contributed by atoms with Gasteiger partial charge in [0.05, 0.1) is 18.1 Å². The van der Waals surface area contributed by atoms with Crippen molar-refractivity contribution < 1.29 is 9.53 Å². The summed E-state index contributed by atoms with van der Waals surface area (Å²) in [5.74, 6) is 0.956. The summed E-state index contributed by atoms with van der Waals surface area (Å²) in [5.41, 5.74) is 1.68. The van der Waals surface area contributed by atoms with Crippen LogP contribution in [0.25, 0.3) is 0 Å². The summed E-state index contributed by atoms with van der Waals surface area (Å²) in [7, 11) is 0. The Hall–Kier alpha value is -1.21. The first-order valence-electron chi connectivity index (χ1n) is 8.17. The lowest BCUT2D eigenvalue weighted by molar-refractivity contribution is -0.125. The van der Waals surface area contributed by atoms with Gasteiger partial charge in [0.2, 0.25) is 11.0 Å². The molecule has 4 rings (SSSR count). The zero-order valence-electron chi connectivity index (χ0n) is 12.7. The standard InChI is InChI=1S/C15H22N4O2S/c20-13(16-8-11-1-2-11)12-7-15(21-9-12)3-5-19(6-4-15)14-18-17-10-22-14/h10-12H,1-9H2,(H,16,20)/t12-/m0/s1. The van der Waals surface area contributed by atoms with Gasteiger partial charge in [-0.05, 0) is 38.0 Å². The number of carbonyl (C=O) groups excluding carboxylic acids is 1. The molecule has 120 valence electrons. The van der Waals surface area contributed by atoms with Crippen LogP contribution in [0.15, 0.2) is 5.51 Å². The van der Waals surface area contributed by atoms with Crippen LogP contribution in [-0.4, -0.2) is 47.9 Å². The van der Waals surface area contributed by atoms with E-state index in [1.807, 2.05) is 0 Å². The summed E-state index contributed by atoms with van der Waals surface area (Å²) < 4.78 is 6.08. The first-order valence-corrected chi connectivity index (χ1v) is 9.05.